The number of aryl methyl sites for hydroxylation is 2. The van der Waals surface area contributed by atoms with Gasteiger partial charge in [0.25, 0.3) is 5.91 Å². The molecule has 4 aromatic rings. The Labute approximate surface area is 281 Å². The van der Waals surface area contributed by atoms with Crippen LogP contribution < -0.4 is 26.3 Å². The Morgan fingerprint density at radius 2 is 1.92 bits per heavy atom. The molecule has 5 N–H and O–H groups in total. The second kappa shape index (κ2) is 15.5. The van der Waals surface area contributed by atoms with Crippen LogP contribution in [0.3, 0.4) is 0 Å². The third-order valence-electron chi connectivity index (χ3n) is 6.77. The van der Waals surface area contributed by atoms with Gasteiger partial charge in [0.15, 0.2) is 10.4 Å². The highest BCUT2D eigenvalue weighted by Crippen LogP contribution is 2.32. The van der Waals surface area contributed by atoms with E-state index in [0.717, 1.165) is 0 Å². The molecule has 254 valence electrons. The highest BCUT2D eigenvalue weighted by molar-refractivity contribution is 7.16. The van der Waals surface area contributed by atoms with Crippen LogP contribution in [-0.2, 0) is 22.6 Å². The Morgan fingerprint density at radius 3 is 2.60 bits per heavy atom. The number of nitrogens with zero attached hydrogens (tertiary/aromatic N) is 5. The van der Waals surface area contributed by atoms with Crippen molar-refractivity contribution in [2.24, 2.45) is 10.7 Å². The number of carbonyl (C=O) groups is 4. The van der Waals surface area contributed by atoms with Crippen LogP contribution >= 0.6 is 11.3 Å². The fourth-order valence-corrected chi connectivity index (χ4v) is 5.73. The van der Waals surface area contributed by atoms with E-state index in [9.17, 15) is 19.2 Å². The SMILES string of the molecule is CCn1nc(C)cc1C(=O)N=c1sc2cc(C(N)=O)cnc2n1C/C=C/CNc1c(N)cc(C=O)cc1OCCCC(=O)OC(C)(C)C. The molecular weight excluding hydrogens is 636 g/mol. The molecule has 14 nitrogen and oxygen atoms in total. The van der Waals surface area contributed by atoms with Gasteiger partial charge in [0, 0.05) is 37.8 Å². The van der Waals surface area contributed by atoms with Crippen molar-refractivity contribution >= 4 is 57.1 Å². The number of aldehydes is 1. The van der Waals surface area contributed by atoms with Crippen LogP contribution in [0.4, 0.5) is 11.4 Å². The van der Waals surface area contributed by atoms with Crippen molar-refractivity contribution in [1.29, 1.82) is 0 Å². The van der Waals surface area contributed by atoms with Crippen LogP contribution in [-0.4, -0.2) is 62.2 Å². The van der Waals surface area contributed by atoms with Gasteiger partial charge in [-0.1, -0.05) is 23.5 Å². The van der Waals surface area contributed by atoms with Gasteiger partial charge in [0.2, 0.25) is 5.91 Å². The van der Waals surface area contributed by atoms with Crippen molar-refractivity contribution in [3.63, 3.8) is 0 Å². The molecule has 0 saturated carbocycles. The summed E-state index contributed by atoms with van der Waals surface area (Å²) in [4.78, 5) is 57.7. The number of rotatable bonds is 14. The third-order valence-corrected chi connectivity index (χ3v) is 7.78. The van der Waals surface area contributed by atoms with Gasteiger partial charge in [0.05, 0.1) is 28.3 Å². The van der Waals surface area contributed by atoms with Crippen LogP contribution in [0.1, 0.15) is 77.4 Å². The number of thiazole rings is 1. The Hall–Kier alpha value is -5.31. The Kier molecular flexibility index (Phi) is 11.5. The fraction of sp³-hybridized carbons (Fsp3) is 0.364. The molecule has 0 bridgehead atoms. The van der Waals surface area contributed by atoms with Crippen LogP contribution in [0.2, 0.25) is 0 Å². The average molecular weight is 677 g/mol. The number of hydrogen-bond acceptors (Lipinski definition) is 11. The predicted octanol–water partition coefficient (Wildman–Crippen LogP) is 4.03. The molecule has 0 radical (unpaired) electrons. The van der Waals surface area contributed by atoms with Crippen molar-refractivity contribution in [1.82, 2.24) is 19.3 Å². The minimum absolute atomic E-state index is 0.182. The molecular formula is C33H40N8O6S. The fourth-order valence-electron chi connectivity index (χ4n) is 4.69. The first-order valence-corrected chi connectivity index (χ1v) is 16.2. The van der Waals surface area contributed by atoms with Gasteiger partial charge in [-0.25, -0.2) is 4.98 Å². The summed E-state index contributed by atoms with van der Waals surface area (Å²) in [6.07, 6.45) is 6.39. The first-order chi connectivity index (χ1) is 22.8. The molecule has 4 rings (SSSR count). The maximum Gasteiger partial charge on any atom is 0.306 e. The Bertz CT molecular complexity index is 1930. The van der Waals surface area contributed by atoms with Gasteiger partial charge in [0.1, 0.15) is 29.0 Å². The molecule has 1 aromatic carbocycles. The number of nitrogens with two attached hydrogens (primary N) is 2. The number of primary amides is 1. The molecule has 0 aliphatic carbocycles. The highest BCUT2D eigenvalue weighted by atomic mass is 32.1. The maximum atomic E-state index is 13.2. The topological polar surface area (TPSA) is 199 Å². The van der Waals surface area contributed by atoms with E-state index in [2.05, 4.69) is 20.4 Å². The van der Waals surface area contributed by atoms with Crippen LogP contribution in [0.5, 0.6) is 5.75 Å². The highest BCUT2D eigenvalue weighted by Gasteiger charge is 2.17. The smallest absolute Gasteiger partial charge is 0.306 e. The number of fused-ring (bicyclic) bond motifs is 1. The molecule has 48 heavy (non-hydrogen) atoms. The zero-order valence-corrected chi connectivity index (χ0v) is 28.4. The second-order valence-corrected chi connectivity index (χ2v) is 12.8. The van der Waals surface area contributed by atoms with E-state index in [0.29, 0.717) is 81.6 Å². The molecule has 0 aliphatic rings. The van der Waals surface area contributed by atoms with Crippen molar-refractivity contribution in [3.8, 4) is 5.75 Å². The van der Waals surface area contributed by atoms with Gasteiger partial charge in [-0.2, -0.15) is 10.1 Å². The molecule has 0 unspecified atom stereocenters. The average Bonchev–Trinajstić information content (AvgIpc) is 3.57. The van der Waals surface area contributed by atoms with Crippen LogP contribution in [0, 0.1) is 6.92 Å². The first kappa shape index (κ1) is 35.5. The molecule has 0 fully saturated rings. The summed E-state index contributed by atoms with van der Waals surface area (Å²) in [5, 5.41) is 7.57. The Morgan fingerprint density at radius 1 is 1.15 bits per heavy atom. The number of carbonyl (C=O) groups excluding carboxylic acids is 4. The molecule has 0 spiro atoms. The number of allylic oxidation sites excluding steroid dienone is 1. The van der Waals surface area contributed by atoms with Gasteiger partial charge >= 0.3 is 5.97 Å². The number of pyridine rings is 1. The summed E-state index contributed by atoms with van der Waals surface area (Å²) in [7, 11) is 0. The molecule has 0 aliphatic heterocycles. The summed E-state index contributed by atoms with van der Waals surface area (Å²) in [5.41, 5.74) is 14.2. The summed E-state index contributed by atoms with van der Waals surface area (Å²) < 4.78 is 15.3. The lowest BCUT2D eigenvalue weighted by atomic mass is 10.1. The number of nitrogens with one attached hydrogen (secondary N) is 1. The second-order valence-electron chi connectivity index (χ2n) is 11.8. The molecule has 3 aromatic heterocycles. The summed E-state index contributed by atoms with van der Waals surface area (Å²) >= 11 is 1.22. The summed E-state index contributed by atoms with van der Waals surface area (Å²) in [6, 6.07) is 6.44. The lowest BCUT2D eigenvalue weighted by Gasteiger charge is -2.19. The van der Waals surface area contributed by atoms with Gasteiger partial charge in [-0.05, 0) is 65.3 Å². The zero-order valence-electron chi connectivity index (χ0n) is 27.6. The molecule has 0 atom stereocenters. The number of hydrogen-bond donors (Lipinski definition) is 3. The maximum absolute atomic E-state index is 13.2. The van der Waals surface area contributed by atoms with E-state index >= 15 is 0 Å². The summed E-state index contributed by atoms with van der Waals surface area (Å²) in [5.74, 6) is -1.01. The standard InChI is InChI=1S/C33H40N8O6S/c1-6-41-24(14-20(2)39-41)31(45)38-32-40(30-26(48-32)17-22(18-37-30)29(35)44)12-8-7-11-36-28-23(34)15-21(19-42)16-25(28)46-13-9-10-27(43)47-33(3,4)5/h7-8,14-19,36H,6,9-13,34H2,1-5H3,(H2,35,44)/b8-7+,38-32?. The van der Waals surface area contributed by atoms with E-state index in [1.54, 1.807) is 33.5 Å². The number of esters is 1. The van der Waals surface area contributed by atoms with Crippen LogP contribution in [0.15, 0.2) is 47.6 Å². The lowest BCUT2D eigenvalue weighted by molar-refractivity contribution is -0.155. The van der Waals surface area contributed by atoms with Crippen LogP contribution in [0.25, 0.3) is 10.3 Å². The number of nitrogen functional groups attached to an aromatic ring is 1. The minimum Gasteiger partial charge on any atom is -0.491 e. The third kappa shape index (κ3) is 9.15. The Balaban J connectivity index is 1.51. The normalized spacial score (nSPS) is 12.1. The number of ether oxygens (including phenoxy) is 2. The van der Waals surface area contributed by atoms with Gasteiger partial charge < -0.3 is 26.3 Å². The van der Waals surface area contributed by atoms with Gasteiger partial charge in [-0.3, -0.25) is 28.4 Å². The zero-order chi connectivity index (χ0) is 35.0. The number of aromatic nitrogens is 4. The predicted molar refractivity (Wildman–Crippen MR) is 183 cm³/mol. The number of anilines is 2. The van der Waals surface area contributed by atoms with E-state index in [4.69, 9.17) is 20.9 Å². The molecule has 3 heterocycles. The monoisotopic (exact) mass is 676 g/mol. The van der Waals surface area contributed by atoms with E-state index in [1.165, 1.54) is 17.5 Å². The van der Waals surface area contributed by atoms with E-state index in [1.807, 2.05) is 46.8 Å². The minimum atomic E-state index is -0.612. The van der Waals surface area contributed by atoms with E-state index in [-0.39, 0.29) is 24.6 Å². The van der Waals surface area contributed by atoms with Crippen molar-refractivity contribution in [3.05, 3.63) is 69.9 Å². The number of benzene rings is 1. The molecule has 15 heteroatoms. The number of amides is 2. The molecule has 2 amide bonds. The van der Waals surface area contributed by atoms with E-state index < -0.39 is 17.4 Å². The van der Waals surface area contributed by atoms with Crippen molar-refractivity contribution in [2.45, 2.75) is 66.2 Å². The van der Waals surface area contributed by atoms with Gasteiger partial charge in [-0.15, -0.1) is 0 Å². The lowest BCUT2D eigenvalue weighted by Crippen LogP contribution is -2.24. The largest absolute Gasteiger partial charge is 0.491 e. The quantitative estimate of drug-likeness (QED) is 0.0576. The summed E-state index contributed by atoms with van der Waals surface area (Å²) in [6.45, 7) is 10.5. The van der Waals surface area contributed by atoms with Crippen molar-refractivity contribution < 1.29 is 28.7 Å². The molecule has 0 saturated heterocycles. The first-order valence-electron chi connectivity index (χ1n) is 15.3. The van der Waals surface area contributed by atoms with Crippen molar-refractivity contribution in [2.75, 3.05) is 24.2 Å².